The monoisotopic (exact) mass is 198 g/mol. The molecule has 1 unspecified atom stereocenters. The average molecular weight is 198 g/mol. The van der Waals surface area contributed by atoms with Crippen molar-refractivity contribution in [1.82, 2.24) is 14.3 Å². The Kier molecular flexibility index (Phi) is 2.28. The molecule has 1 aromatic heterocycles. The molecular weight excluding hydrogens is 184 g/mol. The smallest absolute Gasteiger partial charge is 0.347 e. The minimum Gasteiger partial charge on any atom is -0.379 e. The van der Waals surface area contributed by atoms with Crippen LogP contribution in [0, 0.1) is 0 Å². The van der Waals surface area contributed by atoms with E-state index in [1.807, 2.05) is 0 Å². The minimum absolute atomic E-state index is 0.0927. The van der Waals surface area contributed by atoms with Crippen molar-refractivity contribution in [3.8, 4) is 0 Å². The SMILES string of the molecule is CNc1nn(C)c(=O)n1C1CCOC1. The van der Waals surface area contributed by atoms with Crippen LogP contribution >= 0.6 is 0 Å². The van der Waals surface area contributed by atoms with E-state index in [2.05, 4.69) is 10.4 Å². The molecule has 6 heteroatoms. The molecule has 1 aliphatic heterocycles. The molecular formula is C8H14N4O2. The first-order chi connectivity index (χ1) is 6.74. The molecule has 0 aliphatic carbocycles. The topological polar surface area (TPSA) is 61.1 Å². The Morgan fingerprint density at radius 2 is 2.43 bits per heavy atom. The van der Waals surface area contributed by atoms with Crippen LogP contribution < -0.4 is 11.0 Å². The lowest BCUT2D eigenvalue weighted by Crippen LogP contribution is -2.27. The highest BCUT2D eigenvalue weighted by atomic mass is 16.5. The predicted octanol–water partition coefficient (Wildman–Crippen LogP) is -0.415. The summed E-state index contributed by atoms with van der Waals surface area (Å²) in [6, 6.07) is 0.124. The number of nitrogens with zero attached hydrogens (tertiary/aromatic N) is 3. The second-order valence-electron chi connectivity index (χ2n) is 3.37. The number of anilines is 1. The Morgan fingerprint density at radius 3 is 3.00 bits per heavy atom. The van der Waals surface area contributed by atoms with Crippen LogP contribution in [-0.2, 0) is 11.8 Å². The zero-order valence-electron chi connectivity index (χ0n) is 8.36. The van der Waals surface area contributed by atoms with E-state index in [4.69, 9.17) is 4.74 Å². The summed E-state index contributed by atoms with van der Waals surface area (Å²) >= 11 is 0. The van der Waals surface area contributed by atoms with Gasteiger partial charge in [-0.1, -0.05) is 0 Å². The third kappa shape index (κ3) is 1.31. The summed E-state index contributed by atoms with van der Waals surface area (Å²) in [4.78, 5) is 11.7. The Labute approximate surface area is 81.5 Å². The summed E-state index contributed by atoms with van der Waals surface area (Å²) in [5.41, 5.74) is -0.0927. The molecule has 6 nitrogen and oxygen atoms in total. The number of ether oxygens (including phenoxy) is 1. The number of rotatable bonds is 2. The highest BCUT2D eigenvalue weighted by Crippen LogP contribution is 2.19. The number of aryl methyl sites for hydroxylation is 1. The van der Waals surface area contributed by atoms with Gasteiger partial charge in [0, 0.05) is 20.7 Å². The van der Waals surface area contributed by atoms with Gasteiger partial charge in [-0.2, -0.15) is 0 Å². The van der Waals surface area contributed by atoms with Crippen LogP contribution in [0.4, 0.5) is 5.95 Å². The number of hydrogen-bond donors (Lipinski definition) is 1. The summed E-state index contributed by atoms with van der Waals surface area (Å²) < 4.78 is 8.25. The Morgan fingerprint density at radius 1 is 1.64 bits per heavy atom. The highest BCUT2D eigenvalue weighted by molar-refractivity contribution is 5.23. The summed E-state index contributed by atoms with van der Waals surface area (Å²) in [7, 11) is 3.41. The van der Waals surface area contributed by atoms with Gasteiger partial charge in [-0.3, -0.25) is 4.57 Å². The van der Waals surface area contributed by atoms with Crippen LogP contribution in [0.1, 0.15) is 12.5 Å². The molecule has 1 aliphatic rings. The lowest BCUT2D eigenvalue weighted by Gasteiger charge is -2.09. The number of nitrogens with one attached hydrogen (secondary N) is 1. The maximum absolute atomic E-state index is 11.7. The van der Waals surface area contributed by atoms with Crippen molar-refractivity contribution in [2.24, 2.45) is 7.05 Å². The molecule has 0 bridgehead atoms. The van der Waals surface area contributed by atoms with Crippen molar-refractivity contribution in [2.45, 2.75) is 12.5 Å². The molecule has 2 heterocycles. The zero-order chi connectivity index (χ0) is 10.1. The van der Waals surface area contributed by atoms with Crippen LogP contribution in [0.25, 0.3) is 0 Å². The molecule has 2 rings (SSSR count). The van der Waals surface area contributed by atoms with Crippen LogP contribution in [-0.4, -0.2) is 34.6 Å². The first-order valence-corrected chi connectivity index (χ1v) is 4.65. The van der Waals surface area contributed by atoms with Crippen molar-refractivity contribution in [3.05, 3.63) is 10.5 Å². The van der Waals surface area contributed by atoms with Gasteiger partial charge in [0.05, 0.1) is 12.6 Å². The molecule has 0 amide bonds. The molecule has 1 aromatic rings. The standard InChI is InChI=1S/C8H14N4O2/c1-9-7-10-11(2)8(13)12(7)6-3-4-14-5-6/h6H,3-5H2,1-2H3,(H,9,10). The summed E-state index contributed by atoms with van der Waals surface area (Å²) in [5, 5.41) is 6.98. The van der Waals surface area contributed by atoms with E-state index in [1.165, 1.54) is 4.68 Å². The predicted molar refractivity (Wildman–Crippen MR) is 51.5 cm³/mol. The fourth-order valence-corrected chi connectivity index (χ4v) is 1.70. The largest absolute Gasteiger partial charge is 0.379 e. The third-order valence-corrected chi connectivity index (χ3v) is 2.45. The summed E-state index contributed by atoms with van der Waals surface area (Å²) in [6.07, 6.45) is 0.875. The molecule has 14 heavy (non-hydrogen) atoms. The van der Waals surface area contributed by atoms with Crippen molar-refractivity contribution in [3.63, 3.8) is 0 Å². The quantitative estimate of drug-likeness (QED) is 0.701. The van der Waals surface area contributed by atoms with E-state index in [-0.39, 0.29) is 11.7 Å². The molecule has 0 spiro atoms. The first-order valence-electron chi connectivity index (χ1n) is 4.65. The van der Waals surface area contributed by atoms with E-state index < -0.39 is 0 Å². The van der Waals surface area contributed by atoms with Crippen LogP contribution in [0.15, 0.2) is 4.79 Å². The molecule has 1 fully saturated rings. The lowest BCUT2D eigenvalue weighted by molar-refractivity contribution is 0.186. The van der Waals surface area contributed by atoms with Gasteiger partial charge >= 0.3 is 5.69 Å². The normalized spacial score (nSPS) is 21.4. The van der Waals surface area contributed by atoms with Gasteiger partial charge in [0.1, 0.15) is 0 Å². The van der Waals surface area contributed by atoms with E-state index in [0.717, 1.165) is 13.0 Å². The summed E-state index contributed by atoms with van der Waals surface area (Å²) in [5.74, 6) is 0.605. The van der Waals surface area contributed by atoms with Gasteiger partial charge in [0.25, 0.3) is 0 Å². The number of aromatic nitrogens is 3. The highest BCUT2D eigenvalue weighted by Gasteiger charge is 2.23. The van der Waals surface area contributed by atoms with E-state index in [0.29, 0.717) is 12.6 Å². The van der Waals surface area contributed by atoms with E-state index >= 15 is 0 Å². The van der Waals surface area contributed by atoms with Crippen LogP contribution in [0.5, 0.6) is 0 Å². The third-order valence-electron chi connectivity index (χ3n) is 2.45. The Balaban J connectivity index is 2.43. The molecule has 78 valence electrons. The van der Waals surface area contributed by atoms with Crippen molar-refractivity contribution < 1.29 is 4.74 Å². The Hall–Kier alpha value is -1.30. The van der Waals surface area contributed by atoms with Gasteiger partial charge in [-0.15, -0.1) is 5.10 Å². The van der Waals surface area contributed by atoms with Gasteiger partial charge in [0.2, 0.25) is 5.95 Å². The average Bonchev–Trinajstić information content (AvgIpc) is 2.76. The van der Waals surface area contributed by atoms with Crippen LogP contribution in [0.3, 0.4) is 0 Å². The maximum Gasteiger partial charge on any atom is 0.347 e. The minimum atomic E-state index is -0.0927. The zero-order valence-corrected chi connectivity index (χ0v) is 8.36. The first kappa shape index (κ1) is 9.26. The number of hydrogen-bond acceptors (Lipinski definition) is 4. The van der Waals surface area contributed by atoms with Crippen LogP contribution in [0.2, 0.25) is 0 Å². The maximum atomic E-state index is 11.7. The second-order valence-corrected chi connectivity index (χ2v) is 3.37. The molecule has 1 atom stereocenters. The fourth-order valence-electron chi connectivity index (χ4n) is 1.70. The fraction of sp³-hybridized carbons (Fsp3) is 0.750. The van der Waals surface area contributed by atoms with Gasteiger partial charge in [-0.05, 0) is 6.42 Å². The molecule has 1 N–H and O–H groups in total. The molecule has 0 saturated carbocycles. The van der Waals surface area contributed by atoms with Crippen molar-refractivity contribution >= 4 is 5.95 Å². The lowest BCUT2D eigenvalue weighted by atomic mass is 10.2. The van der Waals surface area contributed by atoms with Gasteiger partial charge < -0.3 is 10.1 Å². The Bertz CT molecular complexity index is 375. The molecule has 1 saturated heterocycles. The molecule has 0 radical (unpaired) electrons. The summed E-state index contributed by atoms with van der Waals surface area (Å²) in [6.45, 7) is 1.31. The van der Waals surface area contributed by atoms with Crippen molar-refractivity contribution in [2.75, 3.05) is 25.6 Å². The van der Waals surface area contributed by atoms with Gasteiger partial charge in [0.15, 0.2) is 0 Å². The second kappa shape index (κ2) is 3.45. The molecule has 0 aromatic carbocycles. The van der Waals surface area contributed by atoms with Crippen molar-refractivity contribution in [1.29, 1.82) is 0 Å². The van der Waals surface area contributed by atoms with E-state index in [1.54, 1.807) is 18.7 Å². The van der Waals surface area contributed by atoms with E-state index in [9.17, 15) is 4.79 Å². The van der Waals surface area contributed by atoms with Gasteiger partial charge in [-0.25, -0.2) is 9.48 Å².